The Balaban J connectivity index is 2.02. The lowest BCUT2D eigenvalue weighted by Crippen LogP contribution is -2.54. The minimum absolute atomic E-state index is 0.141. The summed E-state index contributed by atoms with van der Waals surface area (Å²) in [6.45, 7) is 0.601. The number of amides is 2. The van der Waals surface area contributed by atoms with Crippen molar-refractivity contribution in [1.29, 1.82) is 0 Å². The van der Waals surface area contributed by atoms with E-state index in [1.165, 1.54) is 0 Å². The van der Waals surface area contributed by atoms with E-state index >= 15 is 0 Å². The molecular formula is C11H16N2O4. The van der Waals surface area contributed by atoms with Gasteiger partial charge in [0.25, 0.3) is 0 Å². The standard InChI is InChI=1S/C11H16N2O4/c1-13-6-3-7(8(13)14)12-9(15)11(10(16)17)4-2-5-11/h7H,2-6H2,1H3,(H,12,15)(H,16,17). The SMILES string of the molecule is CN1CCC(NC(=O)C2(C(=O)O)CCC2)C1=O. The quantitative estimate of drug-likeness (QED) is 0.656. The maximum Gasteiger partial charge on any atom is 0.319 e. The van der Waals surface area contributed by atoms with Crippen LogP contribution in [0.3, 0.4) is 0 Å². The van der Waals surface area contributed by atoms with Crippen LogP contribution in [0, 0.1) is 5.41 Å². The second-order valence-electron chi connectivity index (χ2n) is 4.82. The molecule has 6 nitrogen and oxygen atoms in total. The molecule has 1 saturated carbocycles. The van der Waals surface area contributed by atoms with E-state index in [1.807, 2.05) is 0 Å². The van der Waals surface area contributed by atoms with Gasteiger partial charge in [0.05, 0.1) is 0 Å². The molecule has 0 aromatic rings. The first kappa shape index (κ1) is 11.9. The van der Waals surface area contributed by atoms with E-state index in [0.717, 1.165) is 6.42 Å². The van der Waals surface area contributed by atoms with Crippen molar-refractivity contribution in [3.63, 3.8) is 0 Å². The molecule has 2 fully saturated rings. The Morgan fingerprint density at radius 3 is 2.47 bits per heavy atom. The third kappa shape index (κ3) is 1.77. The summed E-state index contributed by atoms with van der Waals surface area (Å²) in [5, 5.41) is 11.7. The molecule has 0 aromatic heterocycles. The van der Waals surface area contributed by atoms with Gasteiger partial charge in [-0.05, 0) is 19.3 Å². The van der Waals surface area contributed by atoms with Crippen LogP contribution < -0.4 is 5.32 Å². The Kier molecular flexibility index (Phi) is 2.81. The van der Waals surface area contributed by atoms with E-state index in [9.17, 15) is 14.4 Å². The Morgan fingerprint density at radius 2 is 2.12 bits per heavy atom. The van der Waals surface area contributed by atoms with Gasteiger partial charge in [-0.3, -0.25) is 14.4 Å². The van der Waals surface area contributed by atoms with Gasteiger partial charge >= 0.3 is 5.97 Å². The van der Waals surface area contributed by atoms with Gasteiger partial charge in [0.15, 0.2) is 0 Å². The van der Waals surface area contributed by atoms with Crippen LogP contribution in [0.2, 0.25) is 0 Å². The highest BCUT2D eigenvalue weighted by atomic mass is 16.4. The molecule has 2 aliphatic rings. The number of hydrogen-bond donors (Lipinski definition) is 2. The second-order valence-corrected chi connectivity index (χ2v) is 4.82. The molecule has 2 rings (SSSR count). The van der Waals surface area contributed by atoms with Crippen LogP contribution in [-0.2, 0) is 14.4 Å². The largest absolute Gasteiger partial charge is 0.480 e. The Hall–Kier alpha value is -1.59. The predicted octanol–water partition coefficient (Wildman–Crippen LogP) is -0.412. The van der Waals surface area contributed by atoms with Crippen LogP contribution in [0.5, 0.6) is 0 Å². The number of carbonyl (C=O) groups is 3. The number of hydrogen-bond acceptors (Lipinski definition) is 3. The molecule has 1 saturated heterocycles. The fraction of sp³-hybridized carbons (Fsp3) is 0.727. The summed E-state index contributed by atoms with van der Waals surface area (Å²) in [5.74, 6) is -1.73. The van der Waals surface area contributed by atoms with Crippen molar-refractivity contribution in [2.45, 2.75) is 31.7 Å². The van der Waals surface area contributed by atoms with E-state index in [1.54, 1.807) is 11.9 Å². The summed E-state index contributed by atoms with van der Waals surface area (Å²) >= 11 is 0. The van der Waals surface area contributed by atoms with Gasteiger partial charge in [0, 0.05) is 13.6 Å². The number of carbonyl (C=O) groups excluding carboxylic acids is 2. The van der Waals surface area contributed by atoms with Crippen LogP contribution in [0.4, 0.5) is 0 Å². The normalized spacial score (nSPS) is 26.5. The first-order valence-corrected chi connectivity index (χ1v) is 5.77. The van der Waals surface area contributed by atoms with Crippen molar-refractivity contribution in [3.8, 4) is 0 Å². The molecule has 0 radical (unpaired) electrons. The average molecular weight is 240 g/mol. The first-order valence-electron chi connectivity index (χ1n) is 5.77. The first-order chi connectivity index (χ1) is 7.97. The molecule has 2 amide bonds. The molecule has 1 aliphatic heterocycles. The molecule has 6 heteroatoms. The summed E-state index contributed by atoms with van der Waals surface area (Å²) in [5.41, 5.74) is -1.29. The molecule has 1 atom stereocenters. The van der Waals surface area contributed by atoms with Crippen molar-refractivity contribution < 1.29 is 19.5 Å². The third-order valence-corrected chi connectivity index (χ3v) is 3.78. The summed E-state index contributed by atoms with van der Waals surface area (Å²) in [6.07, 6.45) is 2.03. The van der Waals surface area contributed by atoms with Crippen molar-refractivity contribution in [1.82, 2.24) is 10.2 Å². The van der Waals surface area contributed by atoms with Gasteiger partial charge in [0.1, 0.15) is 11.5 Å². The number of nitrogens with one attached hydrogen (secondary N) is 1. The maximum atomic E-state index is 11.9. The zero-order valence-electron chi connectivity index (χ0n) is 9.73. The van der Waals surface area contributed by atoms with E-state index in [2.05, 4.69) is 5.32 Å². The summed E-state index contributed by atoms with van der Waals surface area (Å²) in [4.78, 5) is 36.2. The van der Waals surface area contributed by atoms with Crippen LogP contribution in [-0.4, -0.2) is 47.4 Å². The molecule has 17 heavy (non-hydrogen) atoms. The molecule has 0 spiro atoms. The van der Waals surface area contributed by atoms with E-state index in [0.29, 0.717) is 25.8 Å². The van der Waals surface area contributed by atoms with E-state index in [4.69, 9.17) is 5.11 Å². The average Bonchev–Trinajstić information content (AvgIpc) is 2.47. The highest BCUT2D eigenvalue weighted by Gasteiger charge is 2.52. The molecule has 94 valence electrons. The number of carboxylic acid groups (broad SMARTS) is 1. The summed E-state index contributed by atoms with van der Waals surface area (Å²) < 4.78 is 0. The van der Waals surface area contributed by atoms with Crippen LogP contribution in [0.15, 0.2) is 0 Å². The summed E-state index contributed by atoms with van der Waals surface area (Å²) in [7, 11) is 1.67. The zero-order valence-corrected chi connectivity index (χ0v) is 9.73. The third-order valence-electron chi connectivity index (χ3n) is 3.78. The molecule has 2 N–H and O–H groups in total. The molecule has 1 heterocycles. The Labute approximate surface area is 99.0 Å². The Bertz CT molecular complexity index is 376. The molecule has 1 aliphatic carbocycles. The number of likely N-dealkylation sites (N-methyl/N-ethyl adjacent to an activating group) is 1. The smallest absolute Gasteiger partial charge is 0.319 e. The van der Waals surface area contributed by atoms with Crippen LogP contribution in [0.25, 0.3) is 0 Å². The lowest BCUT2D eigenvalue weighted by Gasteiger charge is -2.36. The molecule has 1 unspecified atom stereocenters. The Morgan fingerprint density at radius 1 is 1.47 bits per heavy atom. The van der Waals surface area contributed by atoms with E-state index < -0.39 is 23.3 Å². The highest BCUT2D eigenvalue weighted by molar-refractivity contribution is 6.04. The number of aliphatic carboxylic acids is 1. The van der Waals surface area contributed by atoms with E-state index in [-0.39, 0.29) is 5.91 Å². The van der Waals surface area contributed by atoms with Crippen LogP contribution >= 0.6 is 0 Å². The molecular weight excluding hydrogens is 224 g/mol. The van der Waals surface area contributed by atoms with Crippen molar-refractivity contribution >= 4 is 17.8 Å². The molecule has 0 aromatic carbocycles. The zero-order chi connectivity index (χ0) is 12.6. The number of rotatable bonds is 3. The van der Waals surface area contributed by atoms with Crippen molar-refractivity contribution in [2.75, 3.05) is 13.6 Å². The van der Waals surface area contributed by atoms with Crippen LogP contribution in [0.1, 0.15) is 25.7 Å². The molecule has 0 bridgehead atoms. The van der Waals surface area contributed by atoms with Gasteiger partial charge in [-0.15, -0.1) is 0 Å². The number of likely N-dealkylation sites (tertiary alicyclic amines) is 1. The van der Waals surface area contributed by atoms with Crippen molar-refractivity contribution in [3.05, 3.63) is 0 Å². The monoisotopic (exact) mass is 240 g/mol. The van der Waals surface area contributed by atoms with Gasteiger partial charge in [-0.1, -0.05) is 6.42 Å². The second kappa shape index (κ2) is 4.01. The fourth-order valence-electron chi connectivity index (χ4n) is 2.32. The minimum Gasteiger partial charge on any atom is -0.480 e. The lowest BCUT2D eigenvalue weighted by atomic mass is 9.68. The number of carboxylic acids is 1. The van der Waals surface area contributed by atoms with Gasteiger partial charge in [-0.25, -0.2) is 0 Å². The van der Waals surface area contributed by atoms with Gasteiger partial charge in [-0.2, -0.15) is 0 Å². The predicted molar refractivity (Wildman–Crippen MR) is 58.1 cm³/mol. The van der Waals surface area contributed by atoms with Gasteiger partial charge in [0.2, 0.25) is 11.8 Å². The number of nitrogens with zero attached hydrogens (tertiary/aromatic N) is 1. The summed E-state index contributed by atoms with van der Waals surface area (Å²) in [6, 6.07) is -0.552. The maximum absolute atomic E-state index is 11.9. The van der Waals surface area contributed by atoms with Gasteiger partial charge < -0.3 is 15.3 Å². The topological polar surface area (TPSA) is 86.7 Å². The minimum atomic E-state index is -1.29. The van der Waals surface area contributed by atoms with Crippen molar-refractivity contribution in [2.24, 2.45) is 5.41 Å². The fourth-order valence-corrected chi connectivity index (χ4v) is 2.32. The lowest BCUT2D eigenvalue weighted by molar-refractivity contribution is -0.162. The highest BCUT2D eigenvalue weighted by Crippen LogP contribution is 2.41.